The standard InChI is InChI=1S/C20H31N3O2/c1-16-15-17(9-10-21-16)20(24)22-18-5-7-19(8-6-18)25-14-13-23-11-3-2-4-12-23/h5-8,16-17,21H,2-4,9-15H2,1H3,(H,22,24)/t16-,17-/m0/s1. The number of rotatable bonds is 6. The first-order chi connectivity index (χ1) is 12.2. The lowest BCUT2D eigenvalue weighted by Gasteiger charge is -2.27. The Balaban J connectivity index is 1.41. The van der Waals surface area contributed by atoms with E-state index in [1.54, 1.807) is 0 Å². The molecule has 0 radical (unpaired) electrons. The summed E-state index contributed by atoms with van der Waals surface area (Å²) < 4.78 is 5.84. The number of amides is 1. The Hall–Kier alpha value is -1.59. The molecular formula is C20H31N3O2. The summed E-state index contributed by atoms with van der Waals surface area (Å²) in [6.07, 6.45) is 5.80. The fourth-order valence-electron chi connectivity index (χ4n) is 3.72. The fraction of sp³-hybridized carbons (Fsp3) is 0.650. The lowest BCUT2D eigenvalue weighted by atomic mass is 9.92. The van der Waals surface area contributed by atoms with E-state index in [2.05, 4.69) is 22.5 Å². The van der Waals surface area contributed by atoms with Gasteiger partial charge in [0.1, 0.15) is 12.4 Å². The van der Waals surface area contributed by atoms with E-state index in [0.717, 1.165) is 44.0 Å². The number of hydrogen-bond donors (Lipinski definition) is 2. The molecule has 2 fully saturated rings. The van der Waals surface area contributed by atoms with Crippen LogP contribution < -0.4 is 15.4 Å². The van der Waals surface area contributed by atoms with Crippen molar-refractivity contribution in [3.8, 4) is 5.75 Å². The molecule has 2 saturated heterocycles. The first-order valence-electron chi connectivity index (χ1n) is 9.70. The summed E-state index contributed by atoms with van der Waals surface area (Å²) in [4.78, 5) is 14.8. The summed E-state index contributed by atoms with van der Waals surface area (Å²) in [6, 6.07) is 8.16. The Bertz CT molecular complexity index is 540. The Kier molecular flexibility index (Phi) is 6.70. The molecule has 138 valence electrons. The van der Waals surface area contributed by atoms with Crippen molar-refractivity contribution in [1.29, 1.82) is 0 Å². The summed E-state index contributed by atoms with van der Waals surface area (Å²) >= 11 is 0. The van der Waals surface area contributed by atoms with Crippen LogP contribution in [0.15, 0.2) is 24.3 Å². The van der Waals surface area contributed by atoms with E-state index in [1.807, 2.05) is 24.3 Å². The van der Waals surface area contributed by atoms with Crippen LogP contribution in [0, 0.1) is 5.92 Å². The van der Waals surface area contributed by atoms with E-state index < -0.39 is 0 Å². The second-order valence-electron chi connectivity index (χ2n) is 7.34. The molecule has 0 aliphatic carbocycles. The Morgan fingerprint density at radius 1 is 1.24 bits per heavy atom. The molecule has 1 aromatic carbocycles. The topological polar surface area (TPSA) is 53.6 Å². The largest absolute Gasteiger partial charge is 0.492 e. The zero-order valence-electron chi connectivity index (χ0n) is 15.3. The predicted octanol–water partition coefficient (Wildman–Crippen LogP) is 2.88. The van der Waals surface area contributed by atoms with Crippen molar-refractivity contribution in [2.24, 2.45) is 5.92 Å². The molecule has 1 aromatic rings. The third-order valence-corrected chi connectivity index (χ3v) is 5.24. The molecule has 0 bridgehead atoms. The van der Waals surface area contributed by atoms with Gasteiger partial charge in [0.05, 0.1) is 0 Å². The van der Waals surface area contributed by atoms with Crippen LogP contribution in [0.3, 0.4) is 0 Å². The van der Waals surface area contributed by atoms with Crippen LogP contribution >= 0.6 is 0 Å². The molecule has 2 atom stereocenters. The lowest BCUT2D eigenvalue weighted by Crippen LogP contribution is -2.40. The predicted molar refractivity (Wildman–Crippen MR) is 101 cm³/mol. The van der Waals surface area contributed by atoms with Gasteiger partial charge in [0.2, 0.25) is 5.91 Å². The molecule has 2 aliphatic rings. The molecular weight excluding hydrogens is 314 g/mol. The maximum Gasteiger partial charge on any atom is 0.227 e. The minimum absolute atomic E-state index is 0.108. The van der Waals surface area contributed by atoms with E-state index in [1.165, 1.54) is 32.4 Å². The minimum Gasteiger partial charge on any atom is -0.492 e. The van der Waals surface area contributed by atoms with Gasteiger partial charge >= 0.3 is 0 Å². The van der Waals surface area contributed by atoms with E-state index in [0.29, 0.717) is 6.04 Å². The number of nitrogens with zero attached hydrogens (tertiary/aromatic N) is 1. The number of anilines is 1. The second-order valence-corrected chi connectivity index (χ2v) is 7.34. The van der Waals surface area contributed by atoms with Gasteiger partial charge in [-0.05, 0) is 76.5 Å². The third-order valence-electron chi connectivity index (χ3n) is 5.24. The van der Waals surface area contributed by atoms with E-state index >= 15 is 0 Å². The van der Waals surface area contributed by atoms with Gasteiger partial charge in [0, 0.05) is 24.2 Å². The molecule has 2 N–H and O–H groups in total. The summed E-state index contributed by atoms with van der Waals surface area (Å²) in [6.45, 7) is 7.16. The van der Waals surface area contributed by atoms with Crippen LogP contribution in [-0.2, 0) is 4.79 Å². The van der Waals surface area contributed by atoms with Crippen LogP contribution in [-0.4, -0.2) is 49.6 Å². The minimum atomic E-state index is 0.108. The first-order valence-corrected chi connectivity index (χ1v) is 9.70. The molecule has 0 aromatic heterocycles. The van der Waals surface area contributed by atoms with Crippen LogP contribution in [0.25, 0.3) is 0 Å². The monoisotopic (exact) mass is 345 g/mol. The number of piperidine rings is 2. The molecule has 3 rings (SSSR count). The molecule has 5 nitrogen and oxygen atoms in total. The van der Waals surface area contributed by atoms with Crippen molar-refractivity contribution < 1.29 is 9.53 Å². The van der Waals surface area contributed by atoms with Crippen molar-refractivity contribution in [1.82, 2.24) is 10.2 Å². The number of nitrogens with one attached hydrogen (secondary N) is 2. The van der Waals surface area contributed by atoms with Crippen molar-refractivity contribution in [3.63, 3.8) is 0 Å². The van der Waals surface area contributed by atoms with Crippen LogP contribution in [0.4, 0.5) is 5.69 Å². The lowest BCUT2D eigenvalue weighted by molar-refractivity contribution is -0.120. The normalized spacial score (nSPS) is 24.7. The number of likely N-dealkylation sites (tertiary alicyclic amines) is 1. The zero-order chi connectivity index (χ0) is 17.5. The highest BCUT2D eigenvalue weighted by Gasteiger charge is 2.24. The number of carbonyl (C=O) groups is 1. The van der Waals surface area contributed by atoms with Gasteiger partial charge < -0.3 is 15.4 Å². The van der Waals surface area contributed by atoms with Gasteiger partial charge in [-0.15, -0.1) is 0 Å². The maximum atomic E-state index is 12.4. The molecule has 25 heavy (non-hydrogen) atoms. The van der Waals surface area contributed by atoms with Gasteiger partial charge in [-0.2, -0.15) is 0 Å². The third kappa shape index (κ3) is 5.72. The van der Waals surface area contributed by atoms with Gasteiger partial charge in [-0.3, -0.25) is 9.69 Å². The smallest absolute Gasteiger partial charge is 0.227 e. The average molecular weight is 345 g/mol. The number of hydrogen-bond acceptors (Lipinski definition) is 4. The average Bonchev–Trinajstić information content (AvgIpc) is 2.64. The molecule has 2 heterocycles. The zero-order valence-corrected chi connectivity index (χ0v) is 15.3. The molecule has 0 unspecified atom stereocenters. The molecule has 1 amide bonds. The molecule has 0 saturated carbocycles. The quantitative estimate of drug-likeness (QED) is 0.832. The van der Waals surface area contributed by atoms with Gasteiger partial charge in [-0.1, -0.05) is 6.42 Å². The Morgan fingerprint density at radius 3 is 2.72 bits per heavy atom. The molecule has 0 spiro atoms. The van der Waals surface area contributed by atoms with Crippen molar-refractivity contribution >= 4 is 11.6 Å². The van der Waals surface area contributed by atoms with Gasteiger partial charge in [0.25, 0.3) is 0 Å². The van der Waals surface area contributed by atoms with E-state index in [9.17, 15) is 4.79 Å². The van der Waals surface area contributed by atoms with Crippen LogP contribution in [0.2, 0.25) is 0 Å². The summed E-state index contributed by atoms with van der Waals surface area (Å²) in [5, 5.41) is 6.42. The Labute approximate surface area is 151 Å². The molecule has 2 aliphatic heterocycles. The second kappa shape index (κ2) is 9.20. The van der Waals surface area contributed by atoms with Gasteiger partial charge in [-0.25, -0.2) is 0 Å². The van der Waals surface area contributed by atoms with Crippen LogP contribution in [0.5, 0.6) is 5.75 Å². The molecule has 5 heteroatoms. The summed E-state index contributed by atoms with van der Waals surface area (Å²) in [5.74, 6) is 1.11. The summed E-state index contributed by atoms with van der Waals surface area (Å²) in [5.41, 5.74) is 0.847. The number of ether oxygens (including phenoxy) is 1. The van der Waals surface area contributed by atoms with Crippen molar-refractivity contribution in [3.05, 3.63) is 24.3 Å². The number of benzene rings is 1. The number of carbonyl (C=O) groups excluding carboxylic acids is 1. The van der Waals surface area contributed by atoms with E-state index in [4.69, 9.17) is 4.74 Å². The first kappa shape index (κ1) is 18.2. The highest BCUT2D eigenvalue weighted by atomic mass is 16.5. The van der Waals surface area contributed by atoms with Gasteiger partial charge in [0.15, 0.2) is 0 Å². The van der Waals surface area contributed by atoms with Crippen molar-refractivity contribution in [2.45, 2.75) is 45.1 Å². The van der Waals surface area contributed by atoms with Crippen LogP contribution in [0.1, 0.15) is 39.0 Å². The van der Waals surface area contributed by atoms with E-state index in [-0.39, 0.29) is 11.8 Å². The summed E-state index contributed by atoms with van der Waals surface area (Å²) in [7, 11) is 0. The highest BCUT2D eigenvalue weighted by molar-refractivity contribution is 5.92. The van der Waals surface area contributed by atoms with Crippen molar-refractivity contribution in [2.75, 3.05) is 38.1 Å². The Morgan fingerprint density at radius 2 is 2.00 bits per heavy atom. The fourth-order valence-corrected chi connectivity index (χ4v) is 3.72. The maximum absolute atomic E-state index is 12.4. The SMILES string of the molecule is C[C@H]1C[C@@H](C(=O)Nc2ccc(OCCN3CCCCC3)cc2)CCN1. The highest BCUT2D eigenvalue weighted by Crippen LogP contribution is 2.20.